The van der Waals surface area contributed by atoms with E-state index in [0.717, 1.165) is 25.6 Å². The van der Waals surface area contributed by atoms with Crippen molar-refractivity contribution in [3.63, 3.8) is 0 Å². The molecule has 1 fully saturated rings. The van der Waals surface area contributed by atoms with Crippen LogP contribution in [0.1, 0.15) is 48.6 Å². The minimum Gasteiger partial charge on any atom is -0.303 e. The lowest BCUT2D eigenvalue weighted by molar-refractivity contribution is -0.0371. The van der Waals surface area contributed by atoms with Crippen molar-refractivity contribution in [2.75, 3.05) is 32.9 Å². The summed E-state index contributed by atoms with van der Waals surface area (Å²) in [5.41, 5.74) is 2.00. The smallest absolute Gasteiger partial charge is 0.257 e. The highest BCUT2D eigenvalue weighted by Gasteiger charge is 2.40. The van der Waals surface area contributed by atoms with E-state index in [1.807, 2.05) is 19.1 Å². The first-order valence-corrected chi connectivity index (χ1v) is 11.6. The second-order valence-electron chi connectivity index (χ2n) is 9.74. The van der Waals surface area contributed by atoms with E-state index in [0.29, 0.717) is 36.9 Å². The number of halogens is 5. The van der Waals surface area contributed by atoms with Crippen LogP contribution in [0.15, 0.2) is 36.4 Å². The Bertz CT molecular complexity index is 944. The van der Waals surface area contributed by atoms with Crippen molar-refractivity contribution in [2.45, 2.75) is 51.1 Å². The van der Waals surface area contributed by atoms with E-state index >= 15 is 8.78 Å². The number of fused-ring (bicyclic) bond motifs is 1. The third-order valence-corrected chi connectivity index (χ3v) is 6.80. The van der Waals surface area contributed by atoms with Gasteiger partial charge in [-0.15, -0.1) is 0 Å². The first-order chi connectivity index (χ1) is 15.7. The lowest BCUT2D eigenvalue weighted by atomic mass is 9.83. The highest BCUT2D eigenvalue weighted by Crippen LogP contribution is 2.41. The molecule has 2 nitrogen and oxygen atoms in total. The third kappa shape index (κ3) is 5.40. The van der Waals surface area contributed by atoms with Gasteiger partial charge in [-0.3, -0.25) is 9.29 Å². The second-order valence-corrected chi connectivity index (χ2v) is 9.74. The molecule has 2 aromatic carbocycles. The summed E-state index contributed by atoms with van der Waals surface area (Å²) in [5.74, 6) is -4.11. The molecule has 0 aliphatic carbocycles. The molecule has 180 valence electrons. The summed E-state index contributed by atoms with van der Waals surface area (Å²) in [6.45, 7) is 4.02. The van der Waals surface area contributed by atoms with E-state index in [1.54, 1.807) is 12.1 Å². The molecule has 33 heavy (non-hydrogen) atoms. The van der Waals surface area contributed by atoms with E-state index < -0.39 is 30.1 Å². The van der Waals surface area contributed by atoms with Crippen LogP contribution in [0.2, 0.25) is 0 Å². The summed E-state index contributed by atoms with van der Waals surface area (Å²) in [6.07, 6.45) is 1.58. The van der Waals surface area contributed by atoms with Crippen LogP contribution in [0.4, 0.5) is 22.0 Å². The van der Waals surface area contributed by atoms with Crippen LogP contribution < -0.4 is 0 Å². The SMILES string of the molecule is C[C@@H]1Cc2ccccc2C(c2c(F)cc(CC3CN(CCCF)C3)cc2F)N1CC(C)(F)F. The van der Waals surface area contributed by atoms with E-state index in [4.69, 9.17) is 0 Å². The van der Waals surface area contributed by atoms with Crippen LogP contribution in [0, 0.1) is 17.6 Å². The molecule has 2 heterocycles. The number of benzene rings is 2. The standard InChI is InChI=1S/C26H31F5N2/c1-17-10-20-6-3-4-7-21(20)25(33(17)16-26(2,30)31)24-22(28)12-18(13-23(24)29)11-19-14-32(15-19)9-5-8-27/h3-4,6-7,12-13,17,19,25H,5,8-11,14-16H2,1-2H3/t17-,25?/m1/s1. The Balaban J connectivity index is 1.62. The lowest BCUT2D eigenvalue weighted by Crippen LogP contribution is -2.48. The fourth-order valence-corrected chi connectivity index (χ4v) is 5.37. The maximum Gasteiger partial charge on any atom is 0.257 e. The van der Waals surface area contributed by atoms with Crippen molar-refractivity contribution in [3.05, 3.63) is 70.3 Å². The Morgan fingerprint density at radius 1 is 1.06 bits per heavy atom. The van der Waals surface area contributed by atoms with Gasteiger partial charge in [0.2, 0.25) is 0 Å². The van der Waals surface area contributed by atoms with E-state index in [9.17, 15) is 13.2 Å². The lowest BCUT2D eigenvalue weighted by Gasteiger charge is -2.43. The Morgan fingerprint density at radius 2 is 1.73 bits per heavy atom. The van der Waals surface area contributed by atoms with Crippen molar-refractivity contribution in [1.29, 1.82) is 0 Å². The summed E-state index contributed by atoms with van der Waals surface area (Å²) in [4.78, 5) is 3.66. The number of rotatable bonds is 8. The molecule has 0 bridgehead atoms. The van der Waals surface area contributed by atoms with Gasteiger partial charge in [-0.1, -0.05) is 24.3 Å². The molecule has 0 N–H and O–H groups in total. The number of alkyl halides is 3. The molecule has 1 saturated heterocycles. The number of likely N-dealkylation sites (tertiary alicyclic amines) is 1. The van der Waals surface area contributed by atoms with Crippen LogP contribution in [-0.2, 0) is 12.8 Å². The average molecular weight is 467 g/mol. The van der Waals surface area contributed by atoms with Crippen LogP contribution in [0.25, 0.3) is 0 Å². The molecule has 0 amide bonds. The van der Waals surface area contributed by atoms with Crippen LogP contribution >= 0.6 is 0 Å². The second kappa shape index (κ2) is 9.71. The normalized spacial score (nSPS) is 22.3. The number of nitrogens with zero attached hydrogens (tertiary/aromatic N) is 2. The largest absolute Gasteiger partial charge is 0.303 e. The summed E-state index contributed by atoms with van der Waals surface area (Å²) in [7, 11) is 0. The molecule has 2 aliphatic rings. The first-order valence-electron chi connectivity index (χ1n) is 11.6. The van der Waals surface area contributed by atoms with E-state index in [2.05, 4.69) is 4.90 Å². The molecule has 0 spiro atoms. The third-order valence-electron chi connectivity index (χ3n) is 6.80. The minimum atomic E-state index is -3.00. The van der Waals surface area contributed by atoms with Crippen molar-refractivity contribution in [2.24, 2.45) is 5.92 Å². The van der Waals surface area contributed by atoms with E-state index in [-0.39, 0.29) is 24.2 Å². The number of hydrogen-bond donors (Lipinski definition) is 0. The van der Waals surface area contributed by atoms with Crippen molar-refractivity contribution < 1.29 is 22.0 Å². The monoisotopic (exact) mass is 466 g/mol. The predicted molar refractivity (Wildman–Crippen MR) is 119 cm³/mol. The van der Waals surface area contributed by atoms with Gasteiger partial charge in [-0.2, -0.15) is 0 Å². The molecular weight excluding hydrogens is 435 g/mol. The Hall–Kier alpha value is -1.99. The molecule has 4 rings (SSSR count). The van der Waals surface area contributed by atoms with Gasteiger partial charge in [0.15, 0.2) is 0 Å². The first kappa shape index (κ1) is 24.1. The van der Waals surface area contributed by atoms with Crippen LogP contribution in [0.5, 0.6) is 0 Å². The predicted octanol–water partition coefficient (Wildman–Crippen LogP) is 5.79. The molecule has 0 radical (unpaired) electrons. The molecular formula is C26H31F5N2. The number of hydrogen-bond acceptors (Lipinski definition) is 2. The van der Waals surface area contributed by atoms with Gasteiger partial charge in [-0.25, -0.2) is 17.6 Å². The van der Waals surface area contributed by atoms with E-state index in [1.165, 1.54) is 17.0 Å². The van der Waals surface area contributed by atoms with Crippen molar-refractivity contribution in [3.8, 4) is 0 Å². The van der Waals surface area contributed by atoms with Gasteiger partial charge in [-0.05, 0) is 60.9 Å². The van der Waals surface area contributed by atoms with Gasteiger partial charge in [0, 0.05) is 38.2 Å². The Labute approximate surface area is 192 Å². The Kier molecular flexibility index (Phi) is 7.10. The summed E-state index contributed by atoms with van der Waals surface area (Å²) < 4.78 is 71.3. The zero-order chi connectivity index (χ0) is 23.8. The zero-order valence-corrected chi connectivity index (χ0v) is 19.1. The fourth-order valence-electron chi connectivity index (χ4n) is 5.37. The quantitative estimate of drug-likeness (QED) is 0.455. The van der Waals surface area contributed by atoms with Gasteiger partial charge in [0.05, 0.1) is 19.3 Å². The summed E-state index contributed by atoms with van der Waals surface area (Å²) >= 11 is 0. The molecule has 0 saturated carbocycles. The van der Waals surface area contributed by atoms with Crippen molar-refractivity contribution in [1.82, 2.24) is 9.80 Å². The highest BCUT2D eigenvalue weighted by atomic mass is 19.3. The Morgan fingerprint density at radius 3 is 2.36 bits per heavy atom. The molecule has 2 atom stereocenters. The molecule has 1 unspecified atom stereocenters. The highest BCUT2D eigenvalue weighted by molar-refractivity contribution is 5.42. The van der Waals surface area contributed by atoms with Gasteiger partial charge in [0.25, 0.3) is 5.92 Å². The fraction of sp³-hybridized carbons (Fsp3) is 0.538. The van der Waals surface area contributed by atoms with Gasteiger partial charge in [0.1, 0.15) is 11.6 Å². The topological polar surface area (TPSA) is 6.48 Å². The van der Waals surface area contributed by atoms with Gasteiger partial charge < -0.3 is 4.90 Å². The molecule has 2 aliphatic heterocycles. The van der Waals surface area contributed by atoms with Crippen LogP contribution in [0.3, 0.4) is 0 Å². The summed E-state index contributed by atoms with van der Waals surface area (Å²) in [6, 6.07) is 8.82. The summed E-state index contributed by atoms with van der Waals surface area (Å²) in [5, 5.41) is 0. The molecule has 2 aromatic rings. The maximum absolute atomic E-state index is 15.4. The van der Waals surface area contributed by atoms with Crippen LogP contribution in [-0.4, -0.2) is 54.6 Å². The minimum absolute atomic E-state index is 0.166. The maximum atomic E-state index is 15.4. The van der Waals surface area contributed by atoms with Crippen molar-refractivity contribution >= 4 is 0 Å². The molecule has 7 heteroatoms. The zero-order valence-electron chi connectivity index (χ0n) is 19.1. The van der Waals surface area contributed by atoms with Gasteiger partial charge >= 0.3 is 0 Å². The average Bonchev–Trinajstić information content (AvgIpc) is 2.70. The molecule has 0 aromatic heterocycles.